The van der Waals surface area contributed by atoms with Crippen molar-refractivity contribution in [3.8, 4) is 9.75 Å². The largest absolute Gasteiger partial charge is 0.139 e. The molecule has 0 aliphatic rings. The Labute approximate surface area is 125 Å². The molecule has 17 heavy (non-hydrogen) atoms. The molecule has 0 radical (unpaired) electrons. The lowest BCUT2D eigenvalue weighted by atomic mass is 10.1. The van der Waals surface area contributed by atoms with Crippen molar-refractivity contribution in [3.63, 3.8) is 0 Å². The van der Waals surface area contributed by atoms with Gasteiger partial charge in [0.05, 0.1) is 2.88 Å². The van der Waals surface area contributed by atoms with Gasteiger partial charge in [0.1, 0.15) is 0 Å². The molecule has 0 unspecified atom stereocenters. The lowest BCUT2D eigenvalue weighted by molar-refractivity contribution is 0.670. The van der Waals surface area contributed by atoms with E-state index in [4.69, 9.17) is 0 Å². The van der Waals surface area contributed by atoms with Crippen LogP contribution in [0.2, 0.25) is 0 Å². The maximum absolute atomic E-state index is 2.39. The first-order chi connectivity index (χ1) is 8.29. The van der Waals surface area contributed by atoms with E-state index in [1.54, 1.807) is 4.88 Å². The minimum absolute atomic E-state index is 1.26. The van der Waals surface area contributed by atoms with E-state index in [0.717, 1.165) is 0 Å². The Morgan fingerprint density at radius 3 is 2.41 bits per heavy atom. The first-order valence-corrected chi connectivity index (χ1v) is 8.85. The van der Waals surface area contributed by atoms with Crippen LogP contribution in [0, 0.1) is 2.88 Å². The van der Waals surface area contributed by atoms with Gasteiger partial charge >= 0.3 is 0 Å². The maximum atomic E-state index is 2.39. The number of thiophene rings is 2. The molecule has 0 atom stereocenters. The van der Waals surface area contributed by atoms with Crippen LogP contribution in [0.5, 0.6) is 0 Å². The van der Waals surface area contributed by atoms with Crippen LogP contribution in [0.15, 0.2) is 24.3 Å². The van der Waals surface area contributed by atoms with Gasteiger partial charge in [-0.2, -0.15) is 0 Å². The lowest BCUT2D eigenvalue weighted by Gasteiger charge is -1.96. The number of hydrogen-bond acceptors (Lipinski definition) is 2. The smallest absolute Gasteiger partial charge is 0.0660 e. The molecule has 0 aliphatic carbocycles. The summed E-state index contributed by atoms with van der Waals surface area (Å²) in [6, 6.07) is 9.01. The molecule has 0 N–H and O–H groups in total. The fourth-order valence-corrected chi connectivity index (χ4v) is 4.58. The van der Waals surface area contributed by atoms with Crippen LogP contribution in [0.1, 0.15) is 37.5 Å². The van der Waals surface area contributed by atoms with Crippen molar-refractivity contribution in [2.75, 3.05) is 0 Å². The van der Waals surface area contributed by atoms with Gasteiger partial charge in [-0.15, -0.1) is 22.7 Å². The van der Waals surface area contributed by atoms with Crippen LogP contribution in [-0.2, 0) is 6.42 Å². The third-order valence-electron chi connectivity index (χ3n) is 2.75. The summed E-state index contributed by atoms with van der Waals surface area (Å²) in [6.07, 6.45) is 6.67. The number of rotatable bonds is 6. The summed E-state index contributed by atoms with van der Waals surface area (Å²) in [5.74, 6) is 0. The Hall–Kier alpha value is 0.130. The zero-order valence-electron chi connectivity index (χ0n) is 10.0. The zero-order valence-corrected chi connectivity index (χ0v) is 13.8. The second-order valence-corrected chi connectivity index (χ2v) is 8.33. The summed E-state index contributed by atoms with van der Waals surface area (Å²) in [7, 11) is 0. The van der Waals surface area contributed by atoms with Gasteiger partial charge in [-0.3, -0.25) is 0 Å². The summed E-state index contributed by atoms with van der Waals surface area (Å²) in [5.41, 5.74) is 0. The molecular weight excluding hydrogens is 359 g/mol. The van der Waals surface area contributed by atoms with Crippen LogP contribution in [0.25, 0.3) is 9.75 Å². The summed E-state index contributed by atoms with van der Waals surface area (Å²) < 4.78 is 1.37. The van der Waals surface area contributed by atoms with Gasteiger partial charge < -0.3 is 0 Å². The van der Waals surface area contributed by atoms with E-state index in [1.807, 2.05) is 22.7 Å². The highest BCUT2D eigenvalue weighted by molar-refractivity contribution is 14.1. The highest BCUT2D eigenvalue weighted by atomic mass is 127. The number of halogens is 1. The van der Waals surface area contributed by atoms with Gasteiger partial charge in [0.2, 0.25) is 0 Å². The molecule has 0 saturated heterocycles. The van der Waals surface area contributed by atoms with E-state index in [2.05, 4.69) is 53.8 Å². The third kappa shape index (κ3) is 4.07. The monoisotopic (exact) mass is 376 g/mol. The standard InChI is InChI=1S/C14H17IS2/c1-2-3-4-5-6-11-7-8-12(16-11)13-9-10-14(15)17-13/h7-10H,2-6H2,1H3. The van der Waals surface area contributed by atoms with Gasteiger partial charge in [-0.1, -0.05) is 26.2 Å². The SMILES string of the molecule is CCCCCCc1ccc(-c2ccc(I)s2)s1. The molecule has 2 aromatic rings. The molecule has 92 valence electrons. The maximum Gasteiger partial charge on any atom is 0.0660 e. The Morgan fingerprint density at radius 1 is 0.941 bits per heavy atom. The number of unbranched alkanes of at least 4 members (excludes halogenated alkanes) is 3. The molecule has 0 nitrogen and oxygen atoms in total. The number of hydrogen-bond donors (Lipinski definition) is 0. The highest BCUT2D eigenvalue weighted by Gasteiger charge is 2.05. The predicted octanol–water partition coefficient (Wildman–Crippen LogP) is 6.20. The third-order valence-corrected chi connectivity index (χ3v) is 5.99. The zero-order chi connectivity index (χ0) is 12.1. The lowest BCUT2D eigenvalue weighted by Crippen LogP contribution is -1.80. The van der Waals surface area contributed by atoms with Crippen LogP contribution >= 0.6 is 45.3 Å². The summed E-state index contributed by atoms with van der Waals surface area (Å²) in [5, 5.41) is 0. The predicted molar refractivity (Wildman–Crippen MR) is 88.2 cm³/mol. The van der Waals surface area contributed by atoms with E-state index in [1.165, 1.54) is 44.7 Å². The Morgan fingerprint density at radius 2 is 1.71 bits per heavy atom. The van der Waals surface area contributed by atoms with Crippen molar-refractivity contribution in [1.82, 2.24) is 0 Å². The summed E-state index contributed by atoms with van der Waals surface area (Å²) in [6.45, 7) is 2.27. The molecule has 0 aliphatic heterocycles. The molecule has 3 heteroatoms. The molecule has 2 aromatic heterocycles. The average molecular weight is 376 g/mol. The highest BCUT2D eigenvalue weighted by Crippen LogP contribution is 2.34. The molecule has 0 bridgehead atoms. The molecule has 0 fully saturated rings. The first kappa shape index (κ1) is 13.6. The van der Waals surface area contributed by atoms with Crippen molar-refractivity contribution in [2.24, 2.45) is 0 Å². The molecule has 0 amide bonds. The van der Waals surface area contributed by atoms with Gasteiger partial charge in [0.15, 0.2) is 0 Å². The second kappa shape index (κ2) is 6.90. The van der Waals surface area contributed by atoms with Crippen LogP contribution in [0.4, 0.5) is 0 Å². The normalized spacial score (nSPS) is 10.9. The molecule has 2 heterocycles. The Bertz CT molecular complexity index is 456. The minimum atomic E-state index is 1.26. The van der Waals surface area contributed by atoms with Crippen molar-refractivity contribution in [1.29, 1.82) is 0 Å². The van der Waals surface area contributed by atoms with E-state index in [0.29, 0.717) is 0 Å². The van der Waals surface area contributed by atoms with Crippen LogP contribution < -0.4 is 0 Å². The summed E-state index contributed by atoms with van der Waals surface area (Å²) >= 11 is 6.24. The van der Waals surface area contributed by atoms with Gasteiger partial charge in [0, 0.05) is 14.6 Å². The van der Waals surface area contributed by atoms with Crippen molar-refractivity contribution in [3.05, 3.63) is 32.0 Å². The topological polar surface area (TPSA) is 0 Å². The van der Waals surface area contributed by atoms with Crippen LogP contribution in [-0.4, -0.2) is 0 Å². The molecule has 2 rings (SSSR count). The Kier molecular flexibility index (Phi) is 5.50. The van der Waals surface area contributed by atoms with Gasteiger partial charge in [-0.25, -0.2) is 0 Å². The van der Waals surface area contributed by atoms with E-state index >= 15 is 0 Å². The molecular formula is C14H17IS2. The molecule has 0 saturated carbocycles. The fraction of sp³-hybridized carbons (Fsp3) is 0.429. The van der Waals surface area contributed by atoms with E-state index in [-0.39, 0.29) is 0 Å². The van der Waals surface area contributed by atoms with Crippen LogP contribution in [0.3, 0.4) is 0 Å². The average Bonchev–Trinajstić information content (AvgIpc) is 2.93. The second-order valence-electron chi connectivity index (χ2n) is 4.18. The van der Waals surface area contributed by atoms with Crippen molar-refractivity contribution < 1.29 is 0 Å². The molecule has 0 spiro atoms. The number of aryl methyl sites for hydroxylation is 1. The molecule has 0 aromatic carbocycles. The Balaban J connectivity index is 1.92. The summed E-state index contributed by atoms with van der Waals surface area (Å²) in [4.78, 5) is 4.39. The van der Waals surface area contributed by atoms with Crippen molar-refractivity contribution in [2.45, 2.75) is 39.0 Å². The van der Waals surface area contributed by atoms with Gasteiger partial charge in [-0.05, 0) is 59.7 Å². The van der Waals surface area contributed by atoms with Crippen molar-refractivity contribution >= 4 is 45.3 Å². The quantitative estimate of drug-likeness (QED) is 0.416. The minimum Gasteiger partial charge on any atom is -0.139 e. The first-order valence-electron chi connectivity index (χ1n) is 6.14. The van der Waals surface area contributed by atoms with Gasteiger partial charge in [0.25, 0.3) is 0 Å². The van der Waals surface area contributed by atoms with E-state index in [9.17, 15) is 0 Å². The van der Waals surface area contributed by atoms with E-state index < -0.39 is 0 Å². The fourth-order valence-electron chi connectivity index (χ4n) is 1.82.